The largest absolute Gasteiger partial charge is 0.341 e. The second kappa shape index (κ2) is 6.41. The smallest absolute Gasteiger partial charge is 0.319 e. The van der Waals surface area contributed by atoms with Crippen molar-refractivity contribution in [3.8, 4) is 0 Å². The molecule has 2 rings (SSSR count). The van der Waals surface area contributed by atoms with E-state index in [0.717, 1.165) is 24.3 Å². The number of rotatable bonds is 4. The van der Waals surface area contributed by atoms with Crippen molar-refractivity contribution in [2.24, 2.45) is 0 Å². The first-order valence-corrected chi connectivity index (χ1v) is 7.96. The molecule has 1 N–H and O–H groups in total. The Labute approximate surface area is 130 Å². The van der Waals surface area contributed by atoms with Crippen LogP contribution in [-0.4, -0.2) is 20.1 Å². The Morgan fingerprint density at radius 1 is 1.09 bits per heavy atom. The SMILES string of the molecule is Cc1ccc(NC(=O)c2ccc(S(=O)(=O)C(F)F)cc2)c(F)c1. The minimum absolute atomic E-state index is 0.0122. The zero-order valence-electron chi connectivity index (χ0n) is 11.9. The van der Waals surface area contributed by atoms with Gasteiger partial charge in [-0.3, -0.25) is 4.79 Å². The number of anilines is 1. The average molecular weight is 343 g/mol. The van der Waals surface area contributed by atoms with Gasteiger partial charge in [0, 0.05) is 5.56 Å². The molecule has 0 spiro atoms. The third-order valence-electron chi connectivity index (χ3n) is 3.05. The molecular formula is C15H12F3NO3S. The van der Waals surface area contributed by atoms with Crippen molar-refractivity contribution in [3.05, 3.63) is 59.4 Å². The van der Waals surface area contributed by atoms with E-state index in [4.69, 9.17) is 0 Å². The lowest BCUT2D eigenvalue weighted by Gasteiger charge is -2.08. The summed E-state index contributed by atoms with van der Waals surface area (Å²) in [6.45, 7) is 1.69. The van der Waals surface area contributed by atoms with E-state index in [1.807, 2.05) is 0 Å². The molecule has 2 aromatic carbocycles. The van der Waals surface area contributed by atoms with Crippen LogP contribution in [0.5, 0.6) is 0 Å². The average Bonchev–Trinajstić information content (AvgIpc) is 2.50. The summed E-state index contributed by atoms with van der Waals surface area (Å²) in [4.78, 5) is 11.4. The number of carbonyl (C=O) groups excluding carboxylic acids is 1. The Kier molecular flexibility index (Phi) is 4.74. The second-order valence-electron chi connectivity index (χ2n) is 4.77. The summed E-state index contributed by atoms with van der Waals surface area (Å²) in [5.74, 6) is -4.84. The summed E-state index contributed by atoms with van der Waals surface area (Å²) in [6, 6.07) is 8.21. The van der Waals surface area contributed by atoms with Gasteiger partial charge in [0.1, 0.15) is 5.82 Å². The van der Waals surface area contributed by atoms with Gasteiger partial charge in [0.05, 0.1) is 10.6 Å². The highest BCUT2D eigenvalue weighted by Crippen LogP contribution is 2.20. The molecule has 0 fully saturated rings. The van der Waals surface area contributed by atoms with Crippen LogP contribution in [0.1, 0.15) is 15.9 Å². The van der Waals surface area contributed by atoms with Crippen LogP contribution in [-0.2, 0) is 9.84 Å². The highest BCUT2D eigenvalue weighted by molar-refractivity contribution is 7.91. The van der Waals surface area contributed by atoms with Gasteiger partial charge >= 0.3 is 5.76 Å². The van der Waals surface area contributed by atoms with E-state index in [1.165, 1.54) is 12.1 Å². The zero-order valence-corrected chi connectivity index (χ0v) is 12.7. The Balaban J connectivity index is 2.21. The van der Waals surface area contributed by atoms with Gasteiger partial charge in [-0.25, -0.2) is 12.8 Å². The summed E-state index contributed by atoms with van der Waals surface area (Å²) in [6.07, 6.45) is 0. The first-order valence-electron chi connectivity index (χ1n) is 6.41. The van der Waals surface area contributed by atoms with Crippen LogP contribution in [0, 0.1) is 12.7 Å². The first kappa shape index (κ1) is 17.0. The molecule has 1 amide bonds. The second-order valence-corrected chi connectivity index (χ2v) is 6.69. The van der Waals surface area contributed by atoms with E-state index in [2.05, 4.69) is 5.32 Å². The fourth-order valence-corrected chi connectivity index (χ4v) is 2.54. The molecule has 0 atom stereocenters. The molecule has 0 aromatic heterocycles. The summed E-state index contributed by atoms with van der Waals surface area (Å²) in [7, 11) is -4.71. The van der Waals surface area contributed by atoms with E-state index in [1.54, 1.807) is 13.0 Å². The lowest BCUT2D eigenvalue weighted by Crippen LogP contribution is -2.14. The van der Waals surface area contributed by atoms with Gasteiger partial charge in [-0.05, 0) is 48.9 Å². The molecule has 0 aliphatic rings. The number of benzene rings is 2. The number of amides is 1. The molecule has 122 valence electrons. The molecule has 0 unspecified atom stereocenters. The van der Waals surface area contributed by atoms with Gasteiger partial charge in [-0.15, -0.1) is 0 Å². The quantitative estimate of drug-likeness (QED) is 0.926. The van der Waals surface area contributed by atoms with Crippen LogP contribution in [0.3, 0.4) is 0 Å². The van der Waals surface area contributed by atoms with Crippen LogP contribution in [0.4, 0.5) is 18.9 Å². The molecule has 0 aliphatic heterocycles. The third-order valence-corrected chi connectivity index (χ3v) is 4.45. The highest BCUT2D eigenvalue weighted by Gasteiger charge is 2.26. The van der Waals surface area contributed by atoms with Gasteiger partial charge in [-0.2, -0.15) is 8.78 Å². The Morgan fingerprint density at radius 3 is 2.22 bits per heavy atom. The van der Waals surface area contributed by atoms with Crippen LogP contribution in [0.15, 0.2) is 47.4 Å². The molecule has 0 saturated heterocycles. The number of hydrogen-bond donors (Lipinski definition) is 1. The number of carbonyl (C=O) groups is 1. The van der Waals surface area contributed by atoms with Crippen LogP contribution >= 0.6 is 0 Å². The lowest BCUT2D eigenvalue weighted by atomic mass is 10.2. The van der Waals surface area contributed by atoms with Crippen molar-refractivity contribution in [1.29, 1.82) is 0 Å². The highest BCUT2D eigenvalue weighted by atomic mass is 32.2. The van der Waals surface area contributed by atoms with E-state index in [9.17, 15) is 26.4 Å². The van der Waals surface area contributed by atoms with Crippen molar-refractivity contribution in [1.82, 2.24) is 0 Å². The minimum Gasteiger partial charge on any atom is -0.319 e. The van der Waals surface area contributed by atoms with E-state index in [0.29, 0.717) is 5.56 Å². The first-order chi connectivity index (χ1) is 10.7. The molecule has 23 heavy (non-hydrogen) atoms. The van der Waals surface area contributed by atoms with Gasteiger partial charge < -0.3 is 5.32 Å². The molecule has 0 aliphatic carbocycles. The van der Waals surface area contributed by atoms with Crippen molar-refractivity contribution < 1.29 is 26.4 Å². The molecule has 0 heterocycles. The van der Waals surface area contributed by atoms with Crippen molar-refractivity contribution in [3.63, 3.8) is 0 Å². The Morgan fingerprint density at radius 2 is 1.70 bits per heavy atom. The number of sulfone groups is 1. The molecule has 0 bridgehead atoms. The normalized spacial score (nSPS) is 11.5. The molecule has 0 radical (unpaired) electrons. The standard InChI is InChI=1S/C15H12F3NO3S/c1-9-2-7-13(12(16)8-9)19-14(20)10-3-5-11(6-4-10)23(21,22)15(17)18/h2-8,15H,1H3,(H,19,20). The minimum atomic E-state index is -4.71. The van der Waals surface area contributed by atoms with E-state index in [-0.39, 0.29) is 11.3 Å². The van der Waals surface area contributed by atoms with Crippen LogP contribution in [0.2, 0.25) is 0 Å². The molecule has 2 aromatic rings. The number of nitrogens with one attached hydrogen (secondary N) is 1. The number of hydrogen-bond acceptors (Lipinski definition) is 3. The number of halogens is 3. The van der Waals surface area contributed by atoms with Gasteiger partial charge in [0.2, 0.25) is 9.84 Å². The van der Waals surface area contributed by atoms with Crippen molar-refractivity contribution in [2.45, 2.75) is 17.6 Å². The van der Waals surface area contributed by atoms with Crippen LogP contribution in [0.25, 0.3) is 0 Å². The third kappa shape index (κ3) is 3.70. The molecule has 8 heteroatoms. The predicted molar refractivity (Wildman–Crippen MR) is 78.7 cm³/mol. The zero-order chi connectivity index (χ0) is 17.2. The van der Waals surface area contributed by atoms with Gasteiger partial charge in [-0.1, -0.05) is 6.07 Å². The molecular weight excluding hydrogens is 331 g/mol. The fraction of sp³-hybridized carbons (Fsp3) is 0.133. The monoisotopic (exact) mass is 343 g/mol. The molecule has 0 saturated carbocycles. The maximum atomic E-state index is 13.7. The van der Waals surface area contributed by atoms with E-state index >= 15 is 0 Å². The Hall–Kier alpha value is -2.35. The topological polar surface area (TPSA) is 63.2 Å². The summed E-state index contributed by atoms with van der Waals surface area (Å²) >= 11 is 0. The maximum absolute atomic E-state index is 13.7. The van der Waals surface area contributed by atoms with Gasteiger partial charge in [0.15, 0.2) is 0 Å². The Bertz CT molecular complexity index is 834. The van der Waals surface area contributed by atoms with Gasteiger partial charge in [0.25, 0.3) is 5.91 Å². The molecule has 4 nitrogen and oxygen atoms in total. The summed E-state index contributed by atoms with van der Waals surface area (Å²) < 4.78 is 61.0. The van der Waals surface area contributed by atoms with Crippen molar-refractivity contribution in [2.75, 3.05) is 5.32 Å². The van der Waals surface area contributed by atoms with Crippen LogP contribution < -0.4 is 5.32 Å². The fourth-order valence-electron chi connectivity index (χ4n) is 1.81. The van der Waals surface area contributed by atoms with Crippen molar-refractivity contribution >= 4 is 21.4 Å². The summed E-state index contributed by atoms with van der Waals surface area (Å²) in [5.41, 5.74) is 0.658. The number of aryl methyl sites for hydroxylation is 1. The predicted octanol–water partition coefficient (Wildman–Crippen LogP) is 3.38. The van der Waals surface area contributed by atoms with E-state index < -0.39 is 32.2 Å². The summed E-state index contributed by atoms with van der Waals surface area (Å²) in [5, 5.41) is 2.32. The maximum Gasteiger partial charge on any atom is 0.341 e. The number of alkyl halides is 2. The lowest BCUT2D eigenvalue weighted by molar-refractivity contribution is 0.102.